The first-order valence-electron chi connectivity index (χ1n) is 10.1. The Balaban J connectivity index is 1.38. The molecule has 1 aliphatic heterocycles. The lowest BCUT2D eigenvalue weighted by Gasteiger charge is -2.37. The molecular weight excluding hydrogens is 356 g/mol. The van der Waals surface area contributed by atoms with Gasteiger partial charge in [0.1, 0.15) is 0 Å². The Hall–Kier alpha value is -2.21. The highest BCUT2D eigenvalue weighted by atomic mass is 16.5. The number of nitrogens with zero attached hydrogens (tertiary/aromatic N) is 2. The Labute approximate surface area is 167 Å². The van der Waals surface area contributed by atoms with Gasteiger partial charge in [-0.1, -0.05) is 12.2 Å². The van der Waals surface area contributed by atoms with Crippen molar-refractivity contribution in [2.45, 2.75) is 12.8 Å². The zero-order chi connectivity index (χ0) is 19.7. The Morgan fingerprint density at radius 3 is 2.14 bits per heavy atom. The van der Waals surface area contributed by atoms with Crippen LogP contribution in [0.3, 0.4) is 0 Å². The van der Waals surface area contributed by atoms with Crippen molar-refractivity contribution in [1.29, 1.82) is 0 Å². The highest BCUT2D eigenvalue weighted by Crippen LogP contribution is 2.43. The van der Waals surface area contributed by atoms with Crippen LogP contribution in [-0.2, 0) is 0 Å². The van der Waals surface area contributed by atoms with Gasteiger partial charge in [-0.25, -0.2) is 0 Å². The van der Waals surface area contributed by atoms with Gasteiger partial charge in [-0.05, 0) is 42.7 Å². The predicted molar refractivity (Wildman–Crippen MR) is 107 cm³/mol. The lowest BCUT2D eigenvalue weighted by Crippen LogP contribution is -2.50. The van der Waals surface area contributed by atoms with E-state index in [0.717, 1.165) is 50.5 Å². The van der Waals surface area contributed by atoms with Gasteiger partial charge >= 0.3 is 0 Å². The summed E-state index contributed by atoms with van der Waals surface area (Å²) in [5, 5.41) is 0. The third kappa shape index (κ3) is 3.58. The van der Waals surface area contributed by atoms with E-state index < -0.39 is 0 Å². The van der Waals surface area contributed by atoms with Crippen LogP contribution >= 0.6 is 0 Å². The summed E-state index contributed by atoms with van der Waals surface area (Å²) in [5.74, 6) is 3.93. The normalized spacial score (nSPS) is 26.5. The number of methoxy groups -OCH3 is 3. The molecule has 28 heavy (non-hydrogen) atoms. The van der Waals surface area contributed by atoms with E-state index in [1.165, 1.54) is 12.8 Å². The first kappa shape index (κ1) is 19.1. The first-order chi connectivity index (χ1) is 13.6. The van der Waals surface area contributed by atoms with Gasteiger partial charge in [0.25, 0.3) is 5.91 Å². The van der Waals surface area contributed by atoms with E-state index in [0.29, 0.717) is 22.8 Å². The number of hydrogen-bond acceptors (Lipinski definition) is 5. The van der Waals surface area contributed by atoms with Gasteiger partial charge in [0.05, 0.1) is 21.3 Å². The zero-order valence-corrected chi connectivity index (χ0v) is 17.0. The maximum Gasteiger partial charge on any atom is 0.254 e. The number of fused-ring (bicyclic) bond motifs is 2. The molecule has 2 fully saturated rings. The Bertz CT molecular complexity index is 730. The monoisotopic (exact) mass is 386 g/mol. The van der Waals surface area contributed by atoms with Crippen LogP contribution in [0.15, 0.2) is 24.3 Å². The molecule has 152 valence electrons. The van der Waals surface area contributed by atoms with Crippen molar-refractivity contribution in [3.63, 3.8) is 0 Å². The molecule has 0 radical (unpaired) electrons. The van der Waals surface area contributed by atoms with Gasteiger partial charge in [0, 0.05) is 38.3 Å². The Kier molecular flexibility index (Phi) is 5.49. The maximum atomic E-state index is 13.0. The van der Waals surface area contributed by atoms with Crippen molar-refractivity contribution in [2.24, 2.45) is 17.8 Å². The molecule has 1 saturated carbocycles. The topological polar surface area (TPSA) is 51.2 Å². The lowest BCUT2D eigenvalue weighted by atomic mass is 9.93. The molecule has 6 heteroatoms. The molecule has 2 bridgehead atoms. The Morgan fingerprint density at radius 2 is 1.64 bits per heavy atom. The van der Waals surface area contributed by atoms with Gasteiger partial charge in [-0.2, -0.15) is 0 Å². The second-order valence-corrected chi connectivity index (χ2v) is 8.05. The van der Waals surface area contributed by atoms with E-state index >= 15 is 0 Å². The molecule has 2 aliphatic carbocycles. The van der Waals surface area contributed by atoms with Crippen LogP contribution in [0, 0.1) is 17.8 Å². The quantitative estimate of drug-likeness (QED) is 0.704. The first-order valence-corrected chi connectivity index (χ1v) is 10.1. The SMILES string of the molecule is COc1cc(C(=O)N2CCN(C[C@H]3C[C@@H]4C=C[C@@H]3C4)CC2)cc(OC)c1OC. The summed E-state index contributed by atoms with van der Waals surface area (Å²) in [6.45, 7) is 4.55. The van der Waals surface area contributed by atoms with Gasteiger partial charge in [-0.3, -0.25) is 9.69 Å². The summed E-state index contributed by atoms with van der Waals surface area (Å²) in [4.78, 5) is 17.5. The van der Waals surface area contributed by atoms with Crippen molar-refractivity contribution >= 4 is 5.91 Å². The van der Waals surface area contributed by atoms with E-state index in [-0.39, 0.29) is 5.91 Å². The highest BCUT2D eigenvalue weighted by molar-refractivity contribution is 5.95. The molecule has 1 aromatic rings. The van der Waals surface area contributed by atoms with Gasteiger partial charge in [-0.15, -0.1) is 0 Å². The van der Waals surface area contributed by atoms with Crippen LogP contribution in [0.25, 0.3) is 0 Å². The van der Waals surface area contributed by atoms with Gasteiger partial charge in [0.15, 0.2) is 11.5 Å². The number of amides is 1. The number of carbonyl (C=O) groups excluding carboxylic acids is 1. The minimum atomic E-state index is 0.0155. The summed E-state index contributed by atoms with van der Waals surface area (Å²) in [6.07, 6.45) is 7.51. The van der Waals surface area contributed by atoms with Crippen molar-refractivity contribution in [3.8, 4) is 17.2 Å². The fraction of sp³-hybridized carbons (Fsp3) is 0.591. The summed E-state index contributed by atoms with van der Waals surface area (Å²) >= 11 is 0. The van der Waals surface area contributed by atoms with Crippen LogP contribution in [0.2, 0.25) is 0 Å². The van der Waals surface area contributed by atoms with Crippen LogP contribution in [0.4, 0.5) is 0 Å². The summed E-state index contributed by atoms with van der Waals surface area (Å²) in [6, 6.07) is 3.47. The molecule has 3 atom stereocenters. The molecule has 4 rings (SSSR count). The minimum absolute atomic E-state index is 0.0155. The number of allylic oxidation sites excluding steroid dienone is 2. The van der Waals surface area contributed by atoms with E-state index in [9.17, 15) is 4.79 Å². The number of benzene rings is 1. The van der Waals surface area contributed by atoms with Crippen molar-refractivity contribution < 1.29 is 19.0 Å². The molecular formula is C22H30N2O4. The second kappa shape index (κ2) is 8.03. The molecule has 0 aromatic heterocycles. The third-order valence-electron chi connectivity index (χ3n) is 6.48. The molecule has 1 aromatic carbocycles. The Morgan fingerprint density at radius 1 is 0.964 bits per heavy atom. The number of rotatable bonds is 6. The fourth-order valence-electron chi connectivity index (χ4n) is 4.96. The zero-order valence-electron chi connectivity index (χ0n) is 17.0. The highest BCUT2D eigenvalue weighted by Gasteiger charge is 2.37. The maximum absolute atomic E-state index is 13.0. The van der Waals surface area contributed by atoms with Crippen molar-refractivity contribution in [2.75, 3.05) is 54.1 Å². The average Bonchev–Trinajstić information content (AvgIpc) is 3.36. The van der Waals surface area contributed by atoms with Crippen LogP contribution in [-0.4, -0.2) is 69.8 Å². The molecule has 1 saturated heterocycles. The fourth-order valence-corrected chi connectivity index (χ4v) is 4.96. The molecule has 1 amide bonds. The average molecular weight is 386 g/mol. The largest absolute Gasteiger partial charge is 0.493 e. The predicted octanol–water partition coefficient (Wildman–Crippen LogP) is 2.68. The van der Waals surface area contributed by atoms with Crippen molar-refractivity contribution in [1.82, 2.24) is 9.80 Å². The molecule has 6 nitrogen and oxygen atoms in total. The van der Waals surface area contributed by atoms with Crippen molar-refractivity contribution in [3.05, 3.63) is 29.8 Å². The molecule has 0 unspecified atom stereocenters. The summed E-state index contributed by atoms with van der Waals surface area (Å²) in [7, 11) is 4.69. The molecule has 0 N–H and O–H groups in total. The number of hydrogen-bond donors (Lipinski definition) is 0. The van der Waals surface area contributed by atoms with Crippen LogP contribution in [0.5, 0.6) is 17.2 Å². The summed E-state index contributed by atoms with van der Waals surface area (Å²) in [5.41, 5.74) is 0.571. The van der Waals surface area contributed by atoms with Crippen LogP contribution in [0.1, 0.15) is 23.2 Å². The molecule has 1 heterocycles. The van der Waals surface area contributed by atoms with Gasteiger partial charge in [0.2, 0.25) is 5.75 Å². The second-order valence-electron chi connectivity index (χ2n) is 8.05. The number of ether oxygens (including phenoxy) is 3. The standard InChI is InChI=1S/C22H30N2O4/c1-26-19-12-17(13-20(27-2)21(19)28-3)22(25)24-8-6-23(7-9-24)14-18-11-15-4-5-16(18)10-15/h4-5,12-13,15-16,18H,6-11,14H2,1-3H3/t15-,16-,18-/m1/s1. The van der Waals surface area contributed by atoms with E-state index in [2.05, 4.69) is 17.1 Å². The van der Waals surface area contributed by atoms with Crippen LogP contribution < -0.4 is 14.2 Å². The van der Waals surface area contributed by atoms with E-state index in [1.54, 1.807) is 33.5 Å². The van der Waals surface area contributed by atoms with E-state index in [1.807, 2.05) is 4.90 Å². The van der Waals surface area contributed by atoms with E-state index in [4.69, 9.17) is 14.2 Å². The molecule has 3 aliphatic rings. The minimum Gasteiger partial charge on any atom is -0.493 e. The number of piperazine rings is 1. The van der Waals surface area contributed by atoms with Gasteiger partial charge < -0.3 is 19.1 Å². The third-order valence-corrected chi connectivity index (χ3v) is 6.48. The molecule has 0 spiro atoms. The lowest BCUT2D eigenvalue weighted by molar-refractivity contribution is 0.0609. The smallest absolute Gasteiger partial charge is 0.254 e. The summed E-state index contributed by atoms with van der Waals surface area (Å²) < 4.78 is 16.1. The number of carbonyl (C=O) groups is 1.